The van der Waals surface area contributed by atoms with Gasteiger partial charge in [-0.3, -0.25) is 13.9 Å². The van der Waals surface area contributed by atoms with Gasteiger partial charge in [0.05, 0.1) is 11.9 Å². The van der Waals surface area contributed by atoms with E-state index in [0.717, 1.165) is 28.1 Å². The topological polar surface area (TPSA) is 86.8 Å². The summed E-state index contributed by atoms with van der Waals surface area (Å²) in [7, 11) is -3.83. The van der Waals surface area contributed by atoms with Crippen molar-refractivity contribution >= 4 is 39.1 Å². The summed E-state index contributed by atoms with van der Waals surface area (Å²) in [6.07, 6.45) is 2.65. The Bertz CT molecular complexity index is 1400. The Morgan fingerprint density at radius 1 is 0.900 bits per heavy atom. The Morgan fingerprint density at radius 2 is 1.50 bits per heavy atom. The summed E-state index contributed by atoms with van der Waals surface area (Å²) < 4.78 is 27.1. The molecule has 0 bridgehead atoms. The number of aryl methyl sites for hydroxylation is 1. The van der Waals surface area contributed by atoms with Crippen LogP contribution in [0.15, 0.2) is 78.9 Å². The summed E-state index contributed by atoms with van der Waals surface area (Å²) in [5, 5.41) is 3.48. The number of amides is 2. The van der Waals surface area contributed by atoms with Gasteiger partial charge >= 0.3 is 0 Å². The van der Waals surface area contributed by atoms with Gasteiger partial charge in [0, 0.05) is 24.0 Å². The van der Waals surface area contributed by atoms with Crippen molar-refractivity contribution in [1.82, 2.24) is 10.2 Å². The van der Waals surface area contributed by atoms with E-state index in [9.17, 15) is 18.0 Å². The van der Waals surface area contributed by atoms with Gasteiger partial charge in [0.15, 0.2) is 0 Å². The number of carbonyl (C=O) groups is 2. The summed E-state index contributed by atoms with van der Waals surface area (Å²) in [6.45, 7) is 5.39. The molecule has 2 atom stereocenters. The molecule has 7 nitrogen and oxygen atoms in total. The summed E-state index contributed by atoms with van der Waals surface area (Å²) in [5.41, 5.74) is 2.78. The molecule has 214 valence electrons. The van der Waals surface area contributed by atoms with E-state index in [1.807, 2.05) is 69.3 Å². The second kappa shape index (κ2) is 14.3. The van der Waals surface area contributed by atoms with E-state index in [-0.39, 0.29) is 24.9 Å². The van der Waals surface area contributed by atoms with Gasteiger partial charge < -0.3 is 10.2 Å². The Kier molecular flexibility index (Phi) is 11.2. The van der Waals surface area contributed by atoms with Gasteiger partial charge in [-0.1, -0.05) is 92.2 Å². The quantitative estimate of drug-likeness (QED) is 0.299. The molecule has 0 aromatic heterocycles. The third-order valence-electron chi connectivity index (χ3n) is 6.89. The van der Waals surface area contributed by atoms with Crippen LogP contribution in [0.3, 0.4) is 0 Å². The van der Waals surface area contributed by atoms with Crippen LogP contribution in [0.4, 0.5) is 5.69 Å². The molecule has 40 heavy (non-hydrogen) atoms. The summed E-state index contributed by atoms with van der Waals surface area (Å²) in [4.78, 5) is 29.4. The number of nitrogens with one attached hydrogen (secondary N) is 1. The average Bonchev–Trinajstić information content (AvgIpc) is 2.94. The Balaban J connectivity index is 2.09. The lowest BCUT2D eigenvalue weighted by Gasteiger charge is -2.34. The SMILES string of the molecule is CCc1ccccc1N(CC(=O)N(Cc1ccccc1Cl)[C@@H](Cc1ccccc1)C(=O)N[C@H](C)CC)S(C)(=O)=O. The predicted molar refractivity (Wildman–Crippen MR) is 162 cm³/mol. The zero-order valence-electron chi connectivity index (χ0n) is 23.5. The number of hydrogen-bond donors (Lipinski definition) is 1. The molecular formula is C31H38ClN3O4S. The Hall–Kier alpha value is -3.36. The van der Waals surface area contributed by atoms with Crippen molar-refractivity contribution in [2.24, 2.45) is 0 Å². The van der Waals surface area contributed by atoms with Crippen molar-refractivity contribution in [3.8, 4) is 0 Å². The number of carbonyl (C=O) groups excluding carboxylic acids is 2. The summed E-state index contributed by atoms with van der Waals surface area (Å²) in [6, 6.07) is 22.7. The molecule has 2 amide bonds. The first kappa shape index (κ1) is 31.2. The normalized spacial score (nSPS) is 12.8. The van der Waals surface area contributed by atoms with Gasteiger partial charge in [0.2, 0.25) is 21.8 Å². The van der Waals surface area contributed by atoms with E-state index in [2.05, 4.69) is 5.32 Å². The maximum Gasteiger partial charge on any atom is 0.244 e. The molecule has 0 saturated heterocycles. The third kappa shape index (κ3) is 8.32. The van der Waals surface area contributed by atoms with Crippen LogP contribution in [0.5, 0.6) is 0 Å². The Morgan fingerprint density at radius 3 is 2.10 bits per heavy atom. The van der Waals surface area contributed by atoms with Gasteiger partial charge in [0.25, 0.3) is 0 Å². The lowest BCUT2D eigenvalue weighted by atomic mass is 10.0. The van der Waals surface area contributed by atoms with Crippen LogP contribution < -0.4 is 9.62 Å². The minimum atomic E-state index is -3.83. The lowest BCUT2D eigenvalue weighted by molar-refractivity contribution is -0.140. The molecule has 9 heteroatoms. The van der Waals surface area contributed by atoms with E-state index in [1.165, 1.54) is 4.90 Å². The average molecular weight is 584 g/mol. The standard InChI is InChI=1S/C31H38ClN3O4S/c1-5-23(3)33-31(37)29(20-24-14-8-7-9-15-24)34(21-26-17-10-12-18-27(26)32)30(36)22-35(40(4,38)39)28-19-13-11-16-25(28)6-2/h7-19,23,29H,5-6,20-22H2,1-4H3,(H,33,37)/t23-,29+/m1/s1. The first-order chi connectivity index (χ1) is 19.0. The largest absolute Gasteiger partial charge is 0.352 e. The number of anilines is 1. The smallest absolute Gasteiger partial charge is 0.244 e. The van der Waals surface area contributed by atoms with E-state index in [4.69, 9.17) is 11.6 Å². The van der Waals surface area contributed by atoms with Crippen LogP contribution in [0.1, 0.15) is 43.9 Å². The third-order valence-corrected chi connectivity index (χ3v) is 8.39. The van der Waals surface area contributed by atoms with Crippen molar-refractivity contribution < 1.29 is 18.0 Å². The molecule has 3 aromatic rings. The van der Waals surface area contributed by atoms with E-state index >= 15 is 0 Å². The predicted octanol–water partition coefficient (Wildman–Crippen LogP) is 5.22. The Labute approximate surface area is 243 Å². The molecule has 0 heterocycles. The number of sulfonamides is 1. The fourth-order valence-corrected chi connectivity index (χ4v) is 5.53. The minimum Gasteiger partial charge on any atom is -0.352 e. The van der Waals surface area contributed by atoms with Crippen molar-refractivity contribution in [2.45, 2.75) is 58.7 Å². The lowest BCUT2D eigenvalue weighted by Crippen LogP contribution is -2.54. The number of para-hydroxylation sites is 1. The van der Waals surface area contributed by atoms with Gasteiger partial charge in [-0.2, -0.15) is 0 Å². The van der Waals surface area contributed by atoms with Gasteiger partial charge in [-0.25, -0.2) is 8.42 Å². The molecule has 3 rings (SSSR count). The van der Waals surface area contributed by atoms with Gasteiger partial charge in [-0.15, -0.1) is 0 Å². The maximum absolute atomic E-state index is 14.2. The molecule has 0 fully saturated rings. The van der Waals surface area contributed by atoms with Crippen LogP contribution >= 0.6 is 11.6 Å². The monoisotopic (exact) mass is 583 g/mol. The highest BCUT2D eigenvalue weighted by Crippen LogP contribution is 2.25. The number of benzene rings is 3. The molecule has 1 N–H and O–H groups in total. The minimum absolute atomic E-state index is 0.0387. The van der Waals surface area contributed by atoms with Crippen LogP contribution in [0.25, 0.3) is 0 Å². The maximum atomic E-state index is 14.2. The molecule has 0 radical (unpaired) electrons. The van der Waals surface area contributed by atoms with E-state index < -0.39 is 28.5 Å². The van der Waals surface area contributed by atoms with E-state index in [1.54, 1.807) is 30.3 Å². The van der Waals surface area contributed by atoms with Crippen molar-refractivity contribution in [2.75, 3.05) is 17.1 Å². The highest BCUT2D eigenvalue weighted by atomic mass is 35.5. The fourth-order valence-electron chi connectivity index (χ4n) is 4.45. The first-order valence-electron chi connectivity index (χ1n) is 13.5. The zero-order valence-corrected chi connectivity index (χ0v) is 25.1. The summed E-state index contributed by atoms with van der Waals surface area (Å²) >= 11 is 6.49. The van der Waals surface area contributed by atoms with Crippen molar-refractivity contribution in [3.63, 3.8) is 0 Å². The highest BCUT2D eigenvalue weighted by molar-refractivity contribution is 7.92. The van der Waals surface area contributed by atoms with Crippen LogP contribution in [0.2, 0.25) is 5.02 Å². The second-order valence-electron chi connectivity index (χ2n) is 9.89. The fraction of sp³-hybridized carbons (Fsp3) is 0.355. The molecule has 0 saturated carbocycles. The van der Waals surface area contributed by atoms with Crippen molar-refractivity contribution in [1.29, 1.82) is 0 Å². The number of rotatable bonds is 13. The summed E-state index contributed by atoms with van der Waals surface area (Å²) in [5.74, 6) is -0.810. The van der Waals surface area contributed by atoms with Crippen LogP contribution in [0, 0.1) is 0 Å². The van der Waals surface area contributed by atoms with Gasteiger partial charge in [-0.05, 0) is 48.6 Å². The zero-order chi connectivity index (χ0) is 29.3. The number of hydrogen-bond acceptors (Lipinski definition) is 4. The molecular weight excluding hydrogens is 546 g/mol. The number of nitrogens with zero attached hydrogens (tertiary/aromatic N) is 2. The molecule has 0 unspecified atom stereocenters. The van der Waals surface area contributed by atoms with Crippen LogP contribution in [-0.4, -0.2) is 50.0 Å². The highest BCUT2D eigenvalue weighted by Gasteiger charge is 2.34. The molecule has 0 aliphatic heterocycles. The molecule has 0 aliphatic carbocycles. The molecule has 0 spiro atoms. The van der Waals surface area contributed by atoms with Crippen LogP contribution in [-0.2, 0) is 39.0 Å². The molecule has 3 aromatic carbocycles. The van der Waals surface area contributed by atoms with Crippen molar-refractivity contribution in [3.05, 3.63) is 101 Å². The molecule has 0 aliphatic rings. The first-order valence-corrected chi connectivity index (χ1v) is 15.7. The van der Waals surface area contributed by atoms with E-state index in [0.29, 0.717) is 22.7 Å². The second-order valence-corrected chi connectivity index (χ2v) is 12.2. The number of halogens is 1. The van der Waals surface area contributed by atoms with Gasteiger partial charge in [0.1, 0.15) is 12.6 Å².